The number of hydrogen-bond acceptors (Lipinski definition) is 3. The molecule has 96 valence electrons. The molecule has 0 aliphatic heterocycles. The van der Waals surface area contributed by atoms with Crippen LogP contribution in [0.3, 0.4) is 0 Å². The van der Waals surface area contributed by atoms with Gasteiger partial charge in [-0.25, -0.2) is 0 Å². The van der Waals surface area contributed by atoms with Gasteiger partial charge in [-0.3, -0.25) is 11.3 Å². The van der Waals surface area contributed by atoms with Gasteiger partial charge < -0.3 is 4.74 Å². The number of hydrazine groups is 1. The van der Waals surface area contributed by atoms with Crippen LogP contribution in [0.1, 0.15) is 52.9 Å². The molecule has 1 aliphatic rings. The van der Waals surface area contributed by atoms with Crippen molar-refractivity contribution in [2.24, 2.45) is 17.7 Å². The van der Waals surface area contributed by atoms with Crippen LogP contribution < -0.4 is 11.3 Å². The van der Waals surface area contributed by atoms with Crippen molar-refractivity contribution in [1.29, 1.82) is 0 Å². The van der Waals surface area contributed by atoms with Gasteiger partial charge in [-0.05, 0) is 31.1 Å². The average Bonchev–Trinajstić information content (AvgIpc) is 2.25. The molecule has 0 radical (unpaired) electrons. The maximum Gasteiger partial charge on any atom is 0.0847 e. The van der Waals surface area contributed by atoms with Crippen LogP contribution in [0.15, 0.2) is 0 Å². The van der Waals surface area contributed by atoms with Crippen LogP contribution in [0.5, 0.6) is 0 Å². The summed E-state index contributed by atoms with van der Waals surface area (Å²) in [4.78, 5) is 0. The van der Waals surface area contributed by atoms with Gasteiger partial charge in [0.1, 0.15) is 0 Å². The Morgan fingerprint density at radius 3 is 2.62 bits per heavy atom. The summed E-state index contributed by atoms with van der Waals surface area (Å²) < 4.78 is 5.86. The van der Waals surface area contributed by atoms with E-state index < -0.39 is 0 Å². The van der Waals surface area contributed by atoms with Crippen LogP contribution in [-0.4, -0.2) is 18.8 Å². The van der Waals surface area contributed by atoms with E-state index in [4.69, 9.17) is 10.6 Å². The van der Waals surface area contributed by atoms with Crippen molar-refractivity contribution in [3.8, 4) is 0 Å². The highest BCUT2D eigenvalue weighted by Crippen LogP contribution is 2.38. The first kappa shape index (κ1) is 13.9. The Morgan fingerprint density at radius 2 is 2.19 bits per heavy atom. The smallest absolute Gasteiger partial charge is 0.0847 e. The largest absolute Gasteiger partial charge is 0.377 e. The topological polar surface area (TPSA) is 47.3 Å². The first-order valence-electron chi connectivity index (χ1n) is 6.55. The number of nitrogens with one attached hydrogen (secondary N) is 1. The molecule has 0 saturated heterocycles. The van der Waals surface area contributed by atoms with Crippen LogP contribution in [0.2, 0.25) is 0 Å². The molecule has 3 nitrogen and oxygen atoms in total. The van der Waals surface area contributed by atoms with Gasteiger partial charge in [-0.1, -0.05) is 33.6 Å². The molecule has 3 N–H and O–H groups in total. The second-order valence-corrected chi connectivity index (χ2v) is 5.82. The Kier molecular flexibility index (Phi) is 5.22. The van der Waals surface area contributed by atoms with E-state index in [0.717, 1.165) is 25.2 Å². The third-order valence-corrected chi connectivity index (χ3v) is 3.94. The van der Waals surface area contributed by atoms with Crippen molar-refractivity contribution in [2.45, 2.75) is 64.5 Å². The normalized spacial score (nSPS) is 33.0. The molecule has 1 aliphatic carbocycles. The molecular weight excluding hydrogens is 200 g/mol. The molecule has 3 unspecified atom stereocenters. The first-order chi connectivity index (χ1) is 7.54. The highest BCUT2D eigenvalue weighted by atomic mass is 16.5. The van der Waals surface area contributed by atoms with E-state index >= 15 is 0 Å². The zero-order valence-electron chi connectivity index (χ0n) is 11.3. The monoisotopic (exact) mass is 228 g/mol. The van der Waals surface area contributed by atoms with Crippen molar-refractivity contribution in [3.63, 3.8) is 0 Å². The fraction of sp³-hybridized carbons (Fsp3) is 1.00. The highest BCUT2D eigenvalue weighted by molar-refractivity contribution is 4.96. The quantitative estimate of drug-likeness (QED) is 0.561. The van der Waals surface area contributed by atoms with Crippen LogP contribution in [0.4, 0.5) is 0 Å². The summed E-state index contributed by atoms with van der Waals surface area (Å²) in [7, 11) is 1.84. The molecule has 0 aromatic rings. The lowest BCUT2D eigenvalue weighted by Crippen LogP contribution is -2.56. The highest BCUT2D eigenvalue weighted by Gasteiger charge is 2.41. The molecule has 0 aromatic carbocycles. The van der Waals surface area contributed by atoms with Crippen molar-refractivity contribution in [3.05, 3.63) is 0 Å². The van der Waals surface area contributed by atoms with Crippen molar-refractivity contribution in [1.82, 2.24) is 5.43 Å². The Balaban J connectivity index is 2.74. The molecule has 1 rings (SSSR count). The lowest BCUT2D eigenvalue weighted by Gasteiger charge is -2.45. The maximum atomic E-state index is 5.86. The number of rotatable bonds is 5. The van der Waals surface area contributed by atoms with Crippen molar-refractivity contribution >= 4 is 0 Å². The SMILES string of the molecule is COC1(C(CC(C)C)NN)CCCC(C)C1. The molecule has 1 fully saturated rings. The minimum absolute atomic E-state index is 0.0450. The van der Waals surface area contributed by atoms with Gasteiger partial charge in [-0.15, -0.1) is 0 Å². The minimum Gasteiger partial charge on any atom is -0.377 e. The standard InChI is InChI=1S/C13H28N2O/c1-10(2)8-12(15-14)13(16-4)7-5-6-11(3)9-13/h10-12,15H,5-9,14H2,1-4H3. The predicted octanol–water partition coefficient (Wildman–Crippen LogP) is 2.46. The second kappa shape index (κ2) is 5.99. The Bertz CT molecular complexity index is 208. The molecule has 0 amide bonds. The molecule has 0 bridgehead atoms. The lowest BCUT2D eigenvalue weighted by molar-refractivity contribution is -0.0832. The number of ether oxygens (including phenoxy) is 1. The summed E-state index contributed by atoms with van der Waals surface area (Å²) in [6.45, 7) is 6.79. The van der Waals surface area contributed by atoms with Gasteiger partial charge >= 0.3 is 0 Å². The van der Waals surface area contributed by atoms with E-state index in [1.54, 1.807) is 0 Å². The van der Waals surface area contributed by atoms with Crippen LogP contribution >= 0.6 is 0 Å². The summed E-state index contributed by atoms with van der Waals surface area (Å²) in [6, 6.07) is 0.278. The molecule has 3 atom stereocenters. The summed E-state index contributed by atoms with van der Waals surface area (Å²) in [5.41, 5.74) is 2.95. The fourth-order valence-electron chi connectivity index (χ4n) is 3.09. The zero-order chi connectivity index (χ0) is 12.2. The van der Waals surface area contributed by atoms with E-state index in [1.165, 1.54) is 12.8 Å². The molecule has 0 heterocycles. The molecule has 3 heteroatoms. The van der Waals surface area contributed by atoms with Crippen LogP contribution in [0.25, 0.3) is 0 Å². The summed E-state index contributed by atoms with van der Waals surface area (Å²) in [6.07, 6.45) is 5.92. The molecule has 0 aromatic heterocycles. The van der Waals surface area contributed by atoms with Gasteiger partial charge in [0.2, 0.25) is 0 Å². The van der Waals surface area contributed by atoms with Gasteiger partial charge in [0.05, 0.1) is 11.6 Å². The van der Waals surface area contributed by atoms with Gasteiger partial charge in [-0.2, -0.15) is 0 Å². The predicted molar refractivity (Wildman–Crippen MR) is 67.9 cm³/mol. The Labute approximate surface area is 100 Å². The Hall–Kier alpha value is -0.120. The van der Waals surface area contributed by atoms with Gasteiger partial charge in [0.25, 0.3) is 0 Å². The minimum atomic E-state index is -0.0450. The van der Waals surface area contributed by atoms with E-state index in [0.29, 0.717) is 5.92 Å². The third kappa shape index (κ3) is 3.19. The number of hydrogen-bond donors (Lipinski definition) is 2. The van der Waals surface area contributed by atoms with E-state index in [-0.39, 0.29) is 11.6 Å². The van der Waals surface area contributed by atoms with Crippen LogP contribution in [0, 0.1) is 11.8 Å². The number of nitrogens with two attached hydrogens (primary N) is 1. The summed E-state index contributed by atoms with van der Waals surface area (Å²) in [5.74, 6) is 7.12. The summed E-state index contributed by atoms with van der Waals surface area (Å²) >= 11 is 0. The van der Waals surface area contributed by atoms with Gasteiger partial charge in [0.15, 0.2) is 0 Å². The van der Waals surface area contributed by atoms with E-state index in [1.807, 2.05) is 7.11 Å². The number of methoxy groups -OCH3 is 1. The fourth-order valence-corrected chi connectivity index (χ4v) is 3.09. The second-order valence-electron chi connectivity index (χ2n) is 5.82. The molecule has 1 saturated carbocycles. The third-order valence-electron chi connectivity index (χ3n) is 3.94. The first-order valence-corrected chi connectivity index (χ1v) is 6.55. The van der Waals surface area contributed by atoms with E-state index in [2.05, 4.69) is 26.2 Å². The zero-order valence-corrected chi connectivity index (χ0v) is 11.3. The molecule has 16 heavy (non-hydrogen) atoms. The van der Waals surface area contributed by atoms with Gasteiger partial charge in [0, 0.05) is 7.11 Å². The van der Waals surface area contributed by atoms with Crippen molar-refractivity contribution < 1.29 is 4.74 Å². The maximum absolute atomic E-state index is 5.86. The summed E-state index contributed by atoms with van der Waals surface area (Å²) in [5, 5.41) is 0. The molecule has 0 spiro atoms. The van der Waals surface area contributed by atoms with E-state index in [9.17, 15) is 0 Å². The molecular formula is C13H28N2O. The van der Waals surface area contributed by atoms with Crippen LogP contribution in [-0.2, 0) is 4.74 Å². The lowest BCUT2D eigenvalue weighted by atomic mass is 9.73. The average molecular weight is 228 g/mol. The Morgan fingerprint density at radius 1 is 1.50 bits per heavy atom. The van der Waals surface area contributed by atoms with Crippen molar-refractivity contribution in [2.75, 3.05) is 7.11 Å².